The molecular weight excluding hydrogens is 354 g/mol. The number of anilines is 4. The maximum atomic E-state index is 12.2. The van der Waals surface area contributed by atoms with Crippen LogP contribution in [-0.4, -0.2) is 56.5 Å². The Morgan fingerprint density at radius 2 is 1.57 bits per heavy atom. The number of amides is 2. The van der Waals surface area contributed by atoms with Crippen LogP contribution in [0.5, 0.6) is 0 Å². The van der Waals surface area contributed by atoms with Crippen molar-refractivity contribution in [2.75, 3.05) is 60.6 Å². The van der Waals surface area contributed by atoms with Crippen LogP contribution in [0.3, 0.4) is 0 Å². The Morgan fingerprint density at radius 3 is 2.25 bits per heavy atom. The highest BCUT2D eigenvalue weighted by Crippen LogP contribution is 2.19. The molecule has 0 bridgehead atoms. The predicted octanol–water partition coefficient (Wildman–Crippen LogP) is 2.45. The first kappa shape index (κ1) is 19.7. The summed E-state index contributed by atoms with van der Waals surface area (Å²) in [6.45, 7) is 5.76. The molecule has 1 aliphatic rings. The largest absolute Gasteiger partial charge is 0.376 e. The van der Waals surface area contributed by atoms with E-state index in [2.05, 4.69) is 32.8 Å². The zero-order valence-corrected chi connectivity index (χ0v) is 16.4. The minimum absolute atomic E-state index is 0.128. The molecule has 0 unspecified atom stereocenters. The molecule has 2 aromatic rings. The van der Waals surface area contributed by atoms with Gasteiger partial charge in [-0.1, -0.05) is 6.07 Å². The van der Waals surface area contributed by atoms with Crippen molar-refractivity contribution in [2.24, 2.45) is 0 Å². The summed E-state index contributed by atoms with van der Waals surface area (Å²) in [5.41, 5.74) is 3.42. The fourth-order valence-electron chi connectivity index (χ4n) is 3.12. The van der Waals surface area contributed by atoms with Crippen LogP contribution in [-0.2, 0) is 9.59 Å². The molecule has 148 valence electrons. The normalized spacial score (nSPS) is 14.4. The topological polar surface area (TPSA) is 76.7 Å². The number of nitrogens with one attached hydrogen (secondary N) is 3. The van der Waals surface area contributed by atoms with E-state index in [0.717, 1.165) is 37.6 Å². The number of rotatable bonds is 6. The number of carbonyl (C=O) groups is 2. The third kappa shape index (κ3) is 5.72. The van der Waals surface area contributed by atoms with Crippen molar-refractivity contribution in [1.82, 2.24) is 4.90 Å². The van der Waals surface area contributed by atoms with Crippen LogP contribution < -0.4 is 20.9 Å². The van der Waals surface area contributed by atoms with Gasteiger partial charge in [0.2, 0.25) is 11.8 Å². The Labute approximate surface area is 165 Å². The summed E-state index contributed by atoms with van der Waals surface area (Å²) in [6, 6.07) is 15.2. The average molecular weight is 381 g/mol. The van der Waals surface area contributed by atoms with E-state index in [1.807, 2.05) is 36.4 Å². The maximum absolute atomic E-state index is 12.2. The molecule has 28 heavy (non-hydrogen) atoms. The highest BCUT2D eigenvalue weighted by Gasteiger charge is 2.14. The van der Waals surface area contributed by atoms with E-state index in [1.54, 1.807) is 12.1 Å². The molecule has 1 fully saturated rings. The lowest BCUT2D eigenvalue weighted by molar-refractivity contribution is -0.115. The summed E-state index contributed by atoms with van der Waals surface area (Å²) >= 11 is 0. The van der Waals surface area contributed by atoms with Gasteiger partial charge in [0, 0.05) is 55.9 Å². The monoisotopic (exact) mass is 381 g/mol. The second kappa shape index (κ2) is 9.23. The fourth-order valence-corrected chi connectivity index (χ4v) is 3.12. The van der Waals surface area contributed by atoms with Crippen LogP contribution in [0.25, 0.3) is 0 Å². The van der Waals surface area contributed by atoms with Gasteiger partial charge in [0.15, 0.2) is 0 Å². The van der Waals surface area contributed by atoms with E-state index in [4.69, 9.17) is 0 Å². The van der Waals surface area contributed by atoms with E-state index in [-0.39, 0.29) is 18.4 Å². The minimum Gasteiger partial charge on any atom is -0.376 e. The van der Waals surface area contributed by atoms with E-state index >= 15 is 0 Å². The average Bonchev–Trinajstić information content (AvgIpc) is 2.67. The molecule has 0 atom stereocenters. The van der Waals surface area contributed by atoms with Crippen LogP contribution in [0.2, 0.25) is 0 Å². The van der Waals surface area contributed by atoms with Crippen molar-refractivity contribution in [1.29, 1.82) is 0 Å². The van der Waals surface area contributed by atoms with Crippen molar-refractivity contribution in [3.05, 3.63) is 48.5 Å². The van der Waals surface area contributed by atoms with Gasteiger partial charge in [0.25, 0.3) is 0 Å². The number of benzene rings is 2. The number of likely N-dealkylation sites (N-methyl/N-ethyl adjacent to an activating group) is 1. The molecule has 7 nitrogen and oxygen atoms in total. The van der Waals surface area contributed by atoms with Crippen molar-refractivity contribution < 1.29 is 9.59 Å². The molecule has 0 saturated carbocycles. The maximum Gasteiger partial charge on any atom is 0.243 e. The molecule has 0 aliphatic carbocycles. The number of hydrogen-bond donors (Lipinski definition) is 3. The summed E-state index contributed by atoms with van der Waals surface area (Å²) in [6.07, 6.45) is 0. The lowest BCUT2D eigenvalue weighted by atomic mass is 10.2. The predicted molar refractivity (Wildman–Crippen MR) is 114 cm³/mol. The Hall–Kier alpha value is -3.06. The summed E-state index contributed by atoms with van der Waals surface area (Å²) in [7, 11) is 2.14. The highest BCUT2D eigenvalue weighted by atomic mass is 16.2. The Morgan fingerprint density at radius 1 is 0.893 bits per heavy atom. The molecule has 2 amide bonds. The summed E-state index contributed by atoms with van der Waals surface area (Å²) in [4.78, 5) is 28.0. The summed E-state index contributed by atoms with van der Waals surface area (Å²) in [5, 5.41) is 8.69. The summed E-state index contributed by atoms with van der Waals surface area (Å²) < 4.78 is 0. The SMILES string of the molecule is CC(=O)Nc1cccc(NCC(=O)Nc2ccc(N3CCN(C)CC3)cc2)c1. The van der Waals surface area contributed by atoms with Crippen LogP contribution >= 0.6 is 0 Å². The highest BCUT2D eigenvalue weighted by molar-refractivity contribution is 5.94. The summed E-state index contributed by atoms with van der Waals surface area (Å²) in [5.74, 6) is -0.257. The molecule has 0 aromatic heterocycles. The van der Waals surface area contributed by atoms with Crippen LogP contribution in [0.15, 0.2) is 48.5 Å². The van der Waals surface area contributed by atoms with Gasteiger partial charge in [-0.05, 0) is 49.5 Å². The second-order valence-electron chi connectivity index (χ2n) is 7.00. The van der Waals surface area contributed by atoms with Crippen LogP contribution in [0.1, 0.15) is 6.92 Å². The molecule has 1 saturated heterocycles. The van der Waals surface area contributed by atoms with Gasteiger partial charge in [0.1, 0.15) is 0 Å². The zero-order valence-electron chi connectivity index (χ0n) is 16.4. The molecule has 0 radical (unpaired) electrons. The van der Waals surface area contributed by atoms with Crippen molar-refractivity contribution >= 4 is 34.6 Å². The second-order valence-corrected chi connectivity index (χ2v) is 7.00. The van der Waals surface area contributed by atoms with E-state index in [1.165, 1.54) is 12.6 Å². The third-order valence-corrected chi connectivity index (χ3v) is 4.66. The van der Waals surface area contributed by atoms with Crippen LogP contribution in [0.4, 0.5) is 22.7 Å². The van der Waals surface area contributed by atoms with Gasteiger partial charge < -0.3 is 25.8 Å². The molecular formula is C21H27N5O2. The van der Waals surface area contributed by atoms with Gasteiger partial charge in [-0.2, -0.15) is 0 Å². The van der Waals surface area contributed by atoms with Gasteiger partial charge in [0.05, 0.1) is 6.54 Å². The molecule has 1 aliphatic heterocycles. The number of hydrogen-bond acceptors (Lipinski definition) is 5. The van der Waals surface area contributed by atoms with Crippen molar-refractivity contribution in [3.63, 3.8) is 0 Å². The third-order valence-electron chi connectivity index (χ3n) is 4.66. The number of nitrogens with zero attached hydrogens (tertiary/aromatic N) is 2. The Balaban J connectivity index is 1.49. The molecule has 1 heterocycles. The van der Waals surface area contributed by atoms with Crippen molar-refractivity contribution in [3.8, 4) is 0 Å². The van der Waals surface area contributed by atoms with E-state index < -0.39 is 0 Å². The minimum atomic E-state index is -0.130. The van der Waals surface area contributed by atoms with Crippen LogP contribution in [0, 0.1) is 0 Å². The first-order chi connectivity index (χ1) is 13.5. The van der Waals surface area contributed by atoms with Gasteiger partial charge in [-0.25, -0.2) is 0 Å². The smallest absolute Gasteiger partial charge is 0.243 e. The zero-order chi connectivity index (χ0) is 19.9. The van der Waals surface area contributed by atoms with E-state index in [0.29, 0.717) is 5.69 Å². The quantitative estimate of drug-likeness (QED) is 0.717. The fraction of sp³-hybridized carbons (Fsp3) is 0.333. The van der Waals surface area contributed by atoms with Gasteiger partial charge in [-0.3, -0.25) is 9.59 Å². The molecule has 2 aromatic carbocycles. The molecule has 7 heteroatoms. The Bertz CT molecular complexity index is 814. The van der Waals surface area contributed by atoms with Gasteiger partial charge in [-0.15, -0.1) is 0 Å². The lowest BCUT2D eigenvalue weighted by Gasteiger charge is -2.34. The van der Waals surface area contributed by atoms with Crippen molar-refractivity contribution in [2.45, 2.75) is 6.92 Å². The first-order valence-electron chi connectivity index (χ1n) is 9.44. The Kier molecular flexibility index (Phi) is 6.49. The number of piperazine rings is 1. The molecule has 3 N–H and O–H groups in total. The molecule has 3 rings (SSSR count). The van der Waals surface area contributed by atoms with E-state index in [9.17, 15) is 9.59 Å². The standard InChI is InChI=1S/C21H27N5O2/c1-16(27)23-19-5-3-4-18(14-19)22-15-21(28)24-17-6-8-20(9-7-17)26-12-10-25(2)11-13-26/h3-9,14,22H,10-13,15H2,1-2H3,(H,23,27)(H,24,28). The lowest BCUT2D eigenvalue weighted by Crippen LogP contribution is -2.44. The first-order valence-corrected chi connectivity index (χ1v) is 9.44. The molecule has 0 spiro atoms. The van der Waals surface area contributed by atoms with Gasteiger partial charge >= 0.3 is 0 Å². The number of carbonyl (C=O) groups excluding carboxylic acids is 2.